The van der Waals surface area contributed by atoms with E-state index in [0.717, 1.165) is 22.6 Å². The normalized spacial score (nSPS) is 16.0. The van der Waals surface area contributed by atoms with Gasteiger partial charge in [0, 0.05) is 33.1 Å². The molecular weight excluding hydrogens is 500 g/mol. The molecule has 6 nitrogen and oxygen atoms in total. The van der Waals surface area contributed by atoms with Gasteiger partial charge in [-0.1, -0.05) is 11.6 Å². The van der Waals surface area contributed by atoms with Crippen LogP contribution in [0.2, 0.25) is 5.02 Å². The summed E-state index contributed by atoms with van der Waals surface area (Å²) >= 11 is 7.38. The van der Waals surface area contributed by atoms with E-state index in [4.69, 9.17) is 20.8 Å². The largest absolute Gasteiger partial charge is 0.503 e. The minimum Gasteiger partial charge on any atom is -0.503 e. The molecule has 2 aromatic heterocycles. The molecule has 35 heavy (non-hydrogen) atoms. The van der Waals surface area contributed by atoms with Gasteiger partial charge in [-0.3, -0.25) is 14.5 Å². The Morgan fingerprint density at radius 1 is 1.17 bits per heavy atom. The fourth-order valence-corrected chi connectivity index (χ4v) is 5.37. The van der Waals surface area contributed by atoms with E-state index in [1.54, 1.807) is 24.4 Å². The van der Waals surface area contributed by atoms with Gasteiger partial charge in [-0.25, -0.2) is 8.78 Å². The van der Waals surface area contributed by atoms with Crippen LogP contribution in [0, 0.1) is 18.6 Å². The molecule has 1 amide bonds. The van der Waals surface area contributed by atoms with Crippen molar-refractivity contribution >= 4 is 51.3 Å². The number of amides is 1. The van der Waals surface area contributed by atoms with Gasteiger partial charge in [0.1, 0.15) is 6.04 Å². The molecular formula is C25H16ClF2NO5S. The first-order valence-corrected chi connectivity index (χ1v) is 11.5. The van der Waals surface area contributed by atoms with Gasteiger partial charge in [0.25, 0.3) is 5.91 Å². The highest BCUT2D eigenvalue weighted by atomic mass is 35.5. The van der Waals surface area contributed by atoms with Crippen LogP contribution in [0.4, 0.5) is 14.5 Å². The highest BCUT2D eigenvalue weighted by Crippen LogP contribution is 2.45. The molecule has 1 aliphatic heterocycles. The lowest BCUT2D eigenvalue weighted by atomic mass is 9.98. The van der Waals surface area contributed by atoms with Gasteiger partial charge in [0.15, 0.2) is 34.5 Å². The zero-order chi connectivity index (χ0) is 25.0. The number of aliphatic hydroxyl groups excluding tert-OH is 1. The number of fused-ring (bicyclic) bond motifs is 1. The number of hydrogen-bond donors (Lipinski definition) is 1. The number of methoxy groups -OCH3 is 1. The summed E-state index contributed by atoms with van der Waals surface area (Å²) in [5, 5.41) is 13.5. The minimum atomic E-state index is -1.17. The lowest BCUT2D eigenvalue weighted by Crippen LogP contribution is -2.31. The monoisotopic (exact) mass is 515 g/mol. The summed E-state index contributed by atoms with van der Waals surface area (Å²) in [6, 6.07) is 8.19. The van der Waals surface area contributed by atoms with Crippen LogP contribution in [0.15, 0.2) is 63.6 Å². The van der Waals surface area contributed by atoms with Crippen molar-refractivity contribution in [1.82, 2.24) is 0 Å². The summed E-state index contributed by atoms with van der Waals surface area (Å²) < 4.78 is 38.7. The zero-order valence-corrected chi connectivity index (χ0v) is 19.8. The molecule has 0 saturated carbocycles. The molecule has 0 spiro atoms. The van der Waals surface area contributed by atoms with E-state index in [1.165, 1.54) is 36.6 Å². The number of halogens is 3. The fraction of sp³-hybridized carbons (Fsp3) is 0.120. The Morgan fingerprint density at radius 2 is 1.94 bits per heavy atom. The number of anilines is 1. The quantitative estimate of drug-likeness (QED) is 0.306. The molecule has 5 rings (SSSR count). The SMILES string of the molecule is COc1cc(Cl)cc2cc(C(=O)C3=C(O)C(=O)N(c4ccc(F)c(F)c4)C3c3sccc3C)oc12. The summed E-state index contributed by atoms with van der Waals surface area (Å²) in [6.45, 7) is 1.78. The number of aliphatic hydroxyl groups is 1. The van der Waals surface area contributed by atoms with Gasteiger partial charge in [0.2, 0.25) is 5.78 Å². The number of carbonyl (C=O) groups excluding carboxylic acids is 2. The van der Waals surface area contributed by atoms with Crippen LogP contribution in [0.25, 0.3) is 11.0 Å². The number of hydrogen-bond acceptors (Lipinski definition) is 6. The number of rotatable bonds is 5. The van der Waals surface area contributed by atoms with Gasteiger partial charge >= 0.3 is 0 Å². The van der Waals surface area contributed by atoms with Crippen molar-refractivity contribution in [3.05, 3.63) is 92.0 Å². The van der Waals surface area contributed by atoms with Crippen molar-refractivity contribution < 1.29 is 32.6 Å². The molecule has 4 aromatic rings. The number of ketones is 1. The van der Waals surface area contributed by atoms with Gasteiger partial charge < -0.3 is 14.3 Å². The minimum absolute atomic E-state index is 0.0147. The predicted molar refractivity (Wildman–Crippen MR) is 127 cm³/mol. The van der Waals surface area contributed by atoms with E-state index in [-0.39, 0.29) is 22.6 Å². The molecule has 0 radical (unpaired) electrons. The van der Waals surface area contributed by atoms with E-state index >= 15 is 0 Å². The Balaban J connectivity index is 1.67. The third kappa shape index (κ3) is 3.67. The third-order valence-electron chi connectivity index (χ3n) is 5.77. The van der Waals surface area contributed by atoms with Crippen LogP contribution in [0.5, 0.6) is 5.75 Å². The second-order valence-corrected chi connectivity index (χ2v) is 9.26. The number of ether oxygens (including phenoxy) is 1. The highest BCUT2D eigenvalue weighted by Gasteiger charge is 2.46. The summed E-state index contributed by atoms with van der Waals surface area (Å²) in [5.74, 6) is -4.57. The lowest BCUT2D eigenvalue weighted by molar-refractivity contribution is -0.117. The summed E-state index contributed by atoms with van der Waals surface area (Å²) in [5.41, 5.74) is 0.762. The van der Waals surface area contributed by atoms with E-state index in [9.17, 15) is 23.5 Å². The number of benzene rings is 2. The zero-order valence-electron chi connectivity index (χ0n) is 18.3. The Kier molecular flexibility index (Phi) is 5.61. The maximum absolute atomic E-state index is 14.1. The molecule has 2 aromatic carbocycles. The van der Waals surface area contributed by atoms with Crippen LogP contribution < -0.4 is 9.64 Å². The predicted octanol–water partition coefficient (Wildman–Crippen LogP) is 6.53. The molecule has 1 N–H and O–H groups in total. The summed E-state index contributed by atoms with van der Waals surface area (Å²) in [4.78, 5) is 28.5. The van der Waals surface area contributed by atoms with Gasteiger partial charge in [-0.15, -0.1) is 11.3 Å². The molecule has 1 aliphatic rings. The van der Waals surface area contributed by atoms with Crippen molar-refractivity contribution in [3.8, 4) is 5.75 Å². The van der Waals surface area contributed by atoms with Gasteiger partial charge in [-0.05, 0) is 48.2 Å². The summed E-state index contributed by atoms with van der Waals surface area (Å²) in [6.07, 6.45) is 0. The number of Topliss-reactive ketones (excluding diaryl/α,β-unsaturated/α-hetero) is 1. The molecule has 1 unspecified atom stereocenters. The first-order valence-electron chi connectivity index (χ1n) is 10.3. The Hall–Kier alpha value is -3.69. The number of furan rings is 1. The van der Waals surface area contributed by atoms with Crippen molar-refractivity contribution in [2.45, 2.75) is 13.0 Å². The van der Waals surface area contributed by atoms with E-state index < -0.39 is 35.1 Å². The molecule has 0 aliphatic carbocycles. The number of carbonyl (C=O) groups is 2. The molecule has 178 valence electrons. The number of thiophene rings is 1. The second-order valence-electron chi connectivity index (χ2n) is 7.87. The average Bonchev–Trinajstić information content (AvgIpc) is 3.51. The third-order valence-corrected chi connectivity index (χ3v) is 7.06. The molecule has 3 heterocycles. The van der Waals surface area contributed by atoms with E-state index in [0.29, 0.717) is 21.0 Å². The number of nitrogens with zero attached hydrogens (tertiary/aromatic N) is 1. The highest BCUT2D eigenvalue weighted by molar-refractivity contribution is 7.10. The van der Waals surface area contributed by atoms with E-state index in [1.807, 2.05) is 0 Å². The average molecular weight is 516 g/mol. The Labute approximate surface area is 206 Å². The van der Waals surface area contributed by atoms with Crippen molar-refractivity contribution in [2.75, 3.05) is 12.0 Å². The molecule has 0 fully saturated rings. The fourth-order valence-electron chi connectivity index (χ4n) is 4.13. The molecule has 1 atom stereocenters. The maximum Gasteiger partial charge on any atom is 0.294 e. The molecule has 10 heteroatoms. The maximum atomic E-state index is 14.1. The van der Waals surface area contributed by atoms with E-state index in [2.05, 4.69) is 0 Å². The van der Waals surface area contributed by atoms with Crippen LogP contribution in [0.1, 0.15) is 27.0 Å². The lowest BCUT2D eigenvalue weighted by Gasteiger charge is -2.26. The topological polar surface area (TPSA) is 80.0 Å². The van der Waals surface area contributed by atoms with Crippen LogP contribution in [-0.2, 0) is 4.79 Å². The van der Waals surface area contributed by atoms with Crippen LogP contribution in [0.3, 0.4) is 0 Å². The van der Waals surface area contributed by atoms with Gasteiger partial charge in [0.05, 0.1) is 12.7 Å². The summed E-state index contributed by atoms with van der Waals surface area (Å²) in [7, 11) is 1.43. The molecule has 0 bridgehead atoms. The standard InChI is InChI=1S/C25H16ClF2NO5S/c1-11-5-6-35-24(11)20-19(22(31)25(32)29(20)14-3-4-15(27)16(28)10-14)21(30)17-8-12-7-13(26)9-18(33-2)23(12)34-17/h3-10,20,31H,1-2H3. The Bertz CT molecular complexity index is 1560. The van der Waals surface area contributed by atoms with Crippen molar-refractivity contribution in [3.63, 3.8) is 0 Å². The smallest absolute Gasteiger partial charge is 0.294 e. The van der Waals surface area contributed by atoms with Gasteiger partial charge in [-0.2, -0.15) is 0 Å². The first kappa shape index (κ1) is 23.1. The van der Waals surface area contributed by atoms with Crippen molar-refractivity contribution in [2.24, 2.45) is 0 Å². The molecule has 0 saturated heterocycles. The van der Waals surface area contributed by atoms with Crippen molar-refractivity contribution in [1.29, 1.82) is 0 Å². The Morgan fingerprint density at radius 3 is 2.60 bits per heavy atom. The second kappa shape index (κ2) is 8.51. The van der Waals surface area contributed by atoms with Crippen LogP contribution >= 0.6 is 22.9 Å². The van der Waals surface area contributed by atoms with Crippen LogP contribution in [-0.4, -0.2) is 23.9 Å². The first-order chi connectivity index (χ1) is 16.7. The number of aryl methyl sites for hydroxylation is 1.